The van der Waals surface area contributed by atoms with E-state index < -0.39 is 52.0 Å². The number of halogens is 6. The van der Waals surface area contributed by atoms with Gasteiger partial charge in [0.25, 0.3) is 0 Å². The monoisotopic (exact) mass is 401 g/mol. The minimum absolute atomic E-state index is 0.0366. The van der Waals surface area contributed by atoms with Crippen molar-refractivity contribution in [2.75, 3.05) is 3.71 Å². The summed E-state index contributed by atoms with van der Waals surface area (Å²) in [4.78, 5) is 10.7. The van der Waals surface area contributed by atoms with E-state index in [-0.39, 0.29) is 12.1 Å². The highest BCUT2D eigenvalue weighted by atomic mass is 32.3. The Morgan fingerprint density at radius 2 is 1.33 bits per heavy atom. The van der Waals surface area contributed by atoms with Gasteiger partial charge in [-0.1, -0.05) is 6.07 Å². The molecule has 0 aliphatic carbocycles. The highest BCUT2D eigenvalue weighted by Crippen LogP contribution is 2.38. The van der Waals surface area contributed by atoms with Crippen LogP contribution in [0.15, 0.2) is 24.3 Å². The van der Waals surface area contributed by atoms with E-state index in [0.717, 1.165) is 0 Å². The SMILES string of the molecule is O=C(O)c1cccc(N(S(=O)(=O)C(F)(F)F)S(=O)(=O)C(F)(F)F)c1. The minimum atomic E-state index is -7.04. The Morgan fingerprint density at radius 3 is 1.67 bits per heavy atom. The van der Waals surface area contributed by atoms with Crippen molar-refractivity contribution in [3.05, 3.63) is 29.8 Å². The molecule has 0 unspecified atom stereocenters. The van der Waals surface area contributed by atoms with Crippen LogP contribution in [0.5, 0.6) is 0 Å². The summed E-state index contributed by atoms with van der Waals surface area (Å²) >= 11 is 0. The lowest BCUT2D eigenvalue weighted by Crippen LogP contribution is -2.49. The van der Waals surface area contributed by atoms with Crippen LogP contribution >= 0.6 is 0 Å². The molecule has 1 rings (SSSR count). The first-order chi connectivity index (χ1) is 10.5. The summed E-state index contributed by atoms with van der Waals surface area (Å²) in [5.41, 5.74) is -15.4. The van der Waals surface area contributed by atoms with Crippen molar-refractivity contribution in [3.63, 3.8) is 0 Å². The van der Waals surface area contributed by atoms with Gasteiger partial charge in [0, 0.05) is 0 Å². The molecule has 1 aromatic carbocycles. The number of alkyl halides is 6. The Morgan fingerprint density at radius 1 is 0.917 bits per heavy atom. The number of hydrogen-bond acceptors (Lipinski definition) is 5. The molecule has 0 saturated heterocycles. The van der Waals surface area contributed by atoms with Crippen LogP contribution in [0.4, 0.5) is 32.0 Å². The first kappa shape index (κ1) is 20.0. The molecule has 0 bridgehead atoms. The average molecular weight is 401 g/mol. The molecule has 24 heavy (non-hydrogen) atoms. The Balaban J connectivity index is 3.83. The van der Waals surface area contributed by atoms with Crippen molar-refractivity contribution in [1.82, 2.24) is 0 Å². The van der Waals surface area contributed by atoms with Gasteiger partial charge in [0.1, 0.15) is 0 Å². The number of nitrogens with zero attached hydrogens (tertiary/aromatic N) is 1. The van der Waals surface area contributed by atoms with Crippen molar-refractivity contribution in [2.45, 2.75) is 11.0 Å². The Bertz CT molecular complexity index is 813. The number of aromatic carboxylic acids is 1. The number of carbonyl (C=O) groups is 1. The second kappa shape index (κ2) is 5.80. The lowest BCUT2D eigenvalue weighted by atomic mass is 10.2. The van der Waals surface area contributed by atoms with Gasteiger partial charge >= 0.3 is 37.0 Å². The highest BCUT2D eigenvalue weighted by molar-refractivity contribution is 8.11. The summed E-state index contributed by atoms with van der Waals surface area (Å²) in [6.45, 7) is 0. The number of hydrogen-bond donors (Lipinski definition) is 1. The maximum atomic E-state index is 12.6. The number of rotatable bonds is 4. The molecule has 0 fully saturated rings. The van der Waals surface area contributed by atoms with Crippen LogP contribution in [0.3, 0.4) is 0 Å². The predicted octanol–water partition coefficient (Wildman–Crippen LogP) is 1.89. The molecule has 0 atom stereocenters. The molecule has 0 amide bonds. The van der Waals surface area contributed by atoms with Gasteiger partial charge in [-0.05, 0) is 18.2 Å². The molecular weight excluding hydrogens is 396 g/mol. The largest absolute Gasteiger partial charge is 0.517 e. The number of sulfonamides is 2. The van der Waals surface area contributed by atoms with Gasteiger partial charge < -0.3 is 5.11 Å². The number of benzene rings is 1. The van der Waals surface area contributed by atoms with E-state index in [0.29, 0.717) is 12.1 Å². The third-order valence-corrected chi connectivity index (χ3v) is 5.97. The molecule has 0 aromatic heterocycles. The van der Waals surface area contributed by atoms with Crippen molar-refractivity contribution in [1.29, 1.82) is 0 Å². The Hall–Kier alpha value is -2.03. The molecule has 15 heteroatoms. The quantitative estimate of drug-likeness (QED) is 0.772. The summed E-state index contributed by atoms with van der Waals surface area (Å²) < 4.78 is 119. The van der Waals surface area contributed by atoms with E-state index in [1.807, 2.05) is 0 Å². The van der Waals surface area contributed by atoms with E-state index in [2.05, 4.69) is 0 Å². The van der Waals surface area contributed by atoms with E-state index >= 15 is 0 Å². The maximum absolute atomic E-state index is 12.6. The van der Waals surface area contributed by atoms with Crippen molar-refractivity contribution >= 4 is 31.7 Å². The van der Waals surface area contributed by atoms with Crippen molar-refractivity contribution < 1.29 is 53.1 Å². The van der Waals surface area contributed by atoms with Crippen LogP contribution < -0.4 is 3.71 Å². The van der Waals surface area contributed by atoms with Gasteiger partial charge in [-0.2, -0.15) is 43.2 Å². The third-order valence-electron chi connectivity index (χ3n) is 2.33. The fourth-order valence-corrected chi connectivity index (χ4v) is 4.05. The fourth-order valence-electron chi connectivity index (χ4n) is 1.35. The number of anilines is 1. The Labute approximate surface area is 130 Å². The second-order valence-corrected chi connectivity index (χ2v) is 7.74. The summed E-state index contributed by atoms with van der Waals surface area (Å²) in [5.74, 6) is -1.84. The molecule has 0 saturated carbocycles. The lowest BCUT2D eigenvalue weighted by molar-refractivity contribution is -0.0462. The molecule has 1 N–H and O–H groups in total. The van der Waals surface area contributed by atoms with E-state index in [1.54, 1.807) is 0 Å². The first-order valence-electron chi connectivity index (χ1n) is 5.30. The molecule has 0 aliphatic heterocycles. The molecule has 1 aromatic rings. The zero-order chi connectivity index (χ0) is 19.1. The minimum Gasteiger partial charge on any atom is -0.478 e. The first-order valence-corrected chi connectivity index (χ1v) is 8.18. The smallest absolute Gasteiger partial charge is 0.478 e. The maximum Gasteiger partial charge on any atom is 0.517 e. The molecule has 7 nitrogen and oxygen atoms in total. The number of carboxylic acid groups (broad SMARTS) is 1. The van der Waals surface area contributed by atoms with Gasteiger partial charge in [-0.25, -0.2) is 4.79 Å². The van der Waals surface area contributed by atoms with E-state index in [1.165, 1.54) is 0 Å². The van der Waals surface area contributed by atoms with Crippen LogP contribution in [0.25, 0.3) is 0 Å². The standard InChI is InChI=1S/C9H5F6NO6S2/c10-8(11,12)23(19,20)16(24(21,22)9(13,14)15)6-3-1-2-5(4-6)7(17)18/h1-4H,(H,17,18). The summed E-state index contributed by atoms with van der Waals surface area (Å²) in [6.07, 6.45) is 0. The fraction of sp³-hybridized carbons (Fsp3) is 0.222. The second-order valence-electron chi connectivity index (χ2n) is 3.95. The van der Waals surface area contributed by atoms with Crippen LogP contribution in [-0.2, 0) is 20.0 Å². The van der Waals surface area contributed by atoms with E-state index in [4.69, 9.17) is 5.11 Å². The highest BCUT2D eigenvalue weighted by Gasteiger charge is 2.61. The summed E-state index contributed by atoms with van der Waals surface area (Å²) in [6, 6.07) is 1.57. The lowest BCUT2D eigenvalue weighted by Gasteiger charge is -2.25. The van der Waals surface area contributed by atoms with Crippen LogP contribution in [0.2, 0.25) is 0 Å². The van der Waals surface area contributed by atoms with Gasteiger partial charge in [-0.3, -0.25) is 0 Å². The molecule has 0 spiro atoms. The zero-order valence-electron chi connectivity index (χ0n) is 10.8. The molecule has 0 aliphatic rings. The molecule has 0 heterocycles. The van der Waals surface area contributed by atoms with Crippen LogP contribution in [0.1, 0.15) is 10.4 Å². The van der Waals surface area contributed by atoms with Crippen molar-refractivity contribution in [2.24, 2.45) is 0 Å². The third kappa shape index (κ3) is 3.40. The summed E-state index contributed by atoms with van der Waals surface area (Å²) in [7, 11) is -14.1. The van der Waals surface area contributed by atoms with Gasteiger partial charge in [0.2, 0.25) is 0 Å². The summed E-state index contributed by atoms with van der Waals surface area (Å²) in [5, 5.41) is 8.65. The van der Waals surface area contributed by atoms with E-state index in [9.17, 15) is 48.0 Å². The molecule has 136 valence electrons. The zero-order valence-corrected chi connectivity index (χ0v) is 12.5. The molecule has 0 radical (unpaired) electrons. The molecular formula is C9H5F6NO6S2. The number of carboxylic acids is 1. The van der Waals surface area contributed by atoms with Gasteiger partial charge in [0.05, 0.1) is 11.3 Å². The Kier molecular flexibility index (Phi) is 4.84. The van der Waals surface area contributed by atoms with Crippen LogP contribution in [-0.4, -0.2) is 38.9 Å². The van der Waals surface area contributed by atoms with Gasteiger partial charge in [-0.15, -0.1) is 3.71 Å². The van der Waals surface area contributed by atoms with Crippen molar-refractivity contribution in [3.8, 4) is 0 Å². The normalized spacial score (nSPS) is 13.6. The van der Waals surface area contributed by atoms with Crippen LogP contribution in [0, 0.1) is 0 Å². The van der Waals surface area contributed by atoms with Gasteiger partial charge in [0.15, 0.2) is 0 Å². The predicted molar refractivity (Wildman–Crippen MR) is 65.8 cm³/mol. The average Bonchev–Trinajstić information content (AvgIpc) is 2.35. The topological polar surface area (TPSA) is 109 Å².